The van der Waals surface area contributed by atoms with Gasteiger partial charge in [0.25, 0.3) is 0 Å². The molecular weight excluding hydrogens is 312 g/mol. The van der Waals surface area contributed by atoms with E-state index in [-0.39, 0.29) is 6.09 Å². The lowest BCUT2D eigenvalue weighted by molar-refractivity contribution is 0.139. The van der Waals surface area contributed by atoms with Gasteiger partial charge in [-0.05, 0) is 29.4 Å². The topological polar surface area (TPSA) is 51.2 Å². The molecule has 1 N–H and O–H groups in total. The Labute approximate surface area is 146 Å². The second-order valence-corrected chi connectivity index (χ2v) is 6.46. The third-order valence-corrected chi connectivity index (χ3v) is 4.70. The van der Waals surface area contributed by atoms with Crippen LogP contribution in [-0.4, -0.2) is 17.6 Å². The third kappa shape index (κ3) is 3.63. The van der Waals surface area contributed by atoms with Crippen LogP contribution in [0, 0.1) is 5.92 Å². The number of hydrogen-bond donors (Lipinski definition) is 1. The Kier molecular flexibility index (Phi) is 4.34. The lowest BCUT2D eigenvalue weighted by Crippen LogP contribution is -2.26. The number of carbonyl (C=O) groups excluding carboxylic acids is 1. The summed E-state index contributed by atoms with van der Waals surface area (Å²) in [6.07, 6.45) is 2.56. The van der Waals surface area contributed by atoms with Gasteiger partial charge in [-0.15, -0.1) is 0 Å². The lowest BCUT2D eigenvalue weighted by Gasteiger charge is -2.08. The molecule has 2 atom stereocenters. The summed E-state index contributed by atoms with van der Waals surface area (Å²) < 4.78 is 5.25. The van der Waals surface area contributed by atoms with Gasteiger partial charge in [0, 0.05) is 24.0 Å². The van der Waals surface area contributed by atoms with Crippen LogP contribution in [0.3, 0.4) is 0 Å². The first kappa shape index (κ1) is 15.6. The van der Waals surface area contributed by atoms with Crippen molar-refractivity contribution in [3.8, 4) is 0 Å². The molecule has 0 radical (unpaired) electrons. The van der Waals surface area contributed by atoms with Crippen molar-refractivity contribution in [2.45, 2.75) is 18.9 Å². The van der Waals surface area contributed by atoms with Gasteiger partial charge in [0.1, 0.15) is 6.61 Å². The lowest BCUT2D eigenvalue weighted by atomic mass is 10.1. The predicted octanol–water partition coefficient (Wildman–Crippen LogP) is 4.26. The molecule has 1 heterocycles. The first-order valence-corrected chi connectivity index (χ1v) is 8.59. The number of ether oxygens (including phenoxy) is 1. The van der Waals surface area contributed by atoms with Gasteiger partial charge in [-0.25, -0.2) is 4.79 Å². The van der Waals surface area contributed by atoms with E-state index in [1.54, 1.807) is 0 Å². The largest absolute Gasteiger partial charge is 0.445 e. The molecule has 25 heavy (non-hydrogen) atoms. The van der Waals surface area contributed by atoms with Crippen LogP contribution in [-0.2, 0) is 11.3 Å². The first-order valence-electron chi connectivity index (χ1n) is 8.59. The maximum absolute atomic E-state index is 11.9. The van der Waals surface area contributed by atoms with Crippen molar-refractivity contribution < 1.29 is 9.53 Å². The van der Waals surface area contributed by atoms with E-state index in [1.807, 2.05) is 54.7 Å². The van der Waals surface area contributed by atoms with Gasteiger partial charge in [0.15, 0.2) is 0 Å². The van der Waals surface area contributed by atoms with E-state index in [0.29, 0.717) is 25.0 Å². The number of aromatic nitrogens is 1. The van der Waals surface area contributed by atoms with Crippen molar-refractivity contribution in [1.29, 1.82) is 0 Å². The van der Waals surface area contributed by atoms with Crippen LogP contribution in [0.4, 0.5) is 4.79 Å². The molecule has 0 bridgehead atoms. The summed E-state index contributed by atoms with van der Waals surface area (Å²) in [6, 6.07) is 20.0. The molecule has 0 saturated heterocycles. The summed E-state index contributed by atoms with van der Waals surface area (Å²) in [5, 5.41) is 5.30. The van der Waals surface area contributed by atoms with Crippen LogP contribution in [0.5, 0.6) is 0 Å². The average molecular weight is 332 g/mol. The molecule has 4 rings (SSSR count). The molecule has 0 spiro atoms. The molecule has 4 nitrogen and oxygen atoms in total. The molecule has 4 heteroatoms. The smallest absolute Gasteiger partial charge is 0.407 e. The highest BCUT2D eigenvalue weighted by Gasteiger charge is 2.40. The molecule has 1 aromatic heterocycles. The molecular formula is C21H20N2O2. The van der Waals surface area contributed by atoms with E-state index in [1.165, 1.54) is 10.8 Å². The van der Waals surface area contributed by atoms with E-state index in [2.05, 4.69) is 22.4 Å². The average Bonchev–Trinajstić information content (AvgIpc) is 3.44. The highest BCUT2D eigenvalue weighted by molar-refractivity contribution is 5.85. The third-order valence-electron chi connectivity index (χ3n) is 4.70. The quantitative estimate of drug-likeness (QED) is 0.759. The fourth-order valence-corrected chi connectivity index (χ4v) is 3.24. The fraction of sp³-hybridized carbons (Fsp3) is 0.238. The Morgan fingerprint density at radius 1 is 1.08 bits per heavy atom. The van der Waals surface area contributed by atoms with Crippen LogP contribution in [0.1, 0.15) is 23.6 Å². The monoisotopic (exact) mass is 332 g/mol. The van der Waals surface area contributed by atoms with Gasteiger partial charge in [0.05, 0.1) is 5.69 Å². The zero-order valence-corrected chi connectivity index (χ0v) is 13.9. The number of fused-ring (bicyclic) bond motifs is 1. The summed E-state index contributed by atoms with van der Waals surface area (Å²) in [5.41, 5.74) is 2.13. The molecule has 0 aliphatic heterocycles. The van der Waals surface area contributed by atoms with E-state index >= 15 is 0 Å². The van der Waals surface area contributed by atoms with E-state index in [4.69, 9.17) is 4.74 Å². The Hall–Kier alpha value is -2.88. The predicted molar refractivity (Wildman–Crippen MR) is 97.2 cm³/mol. The van der Waals surface area contributed by atoms with Gasteiger partial charge >= 0.3 is 6.09 Å². The van der Waals surface area contributed by atoms with E-state index < -0.39 is 0 Å². The van der Waals surface area contributed by atoms with Gasteiger partial charge in [-0.1, -0.05) is 54.6 Å². The summed E-state index contributed by atoms with van der Waals surface area (Å²) in [7, 11) is 0. The Bertz CT molecular complexity index is 874. The minimum Gasteiger partial charge on any atom is -0.445 e. The number of benzene rings is 2. The molecule has 1 saturated carbocycles. The Morgan fingerprint density at radius 3 is 2.76 bits per heavy atom. The molecule has 2 aromatic carbocycles. The highest BCUT2D eigenvalue weighted by atomic mass is 16.5. The van der Waals surface area contributed by atoms with Crippen molar-refractivity contribution in [3.05, 3.63) is 78.1 Å². The number of nitrogens with one attached hydrogen (secondary N) is 1. The number of hydrogen-bond acceptors (Lipinski definition) is 3. The molecule has 1 amide bonds. The number of nitrogens with zero attached hydrogens (tertiary/aromatic N) is 1. The van der Waals surface area contributed by atoms with E-state index in [9.17, 15) is 4.79 Å². The number of carbonyl (C=O) groups is 1. The van der Waals surface area contributed by atoms with Crippen molar-refractivity contribution in [2.24, 2.45) is 5.92 Å². The van der Waals surface area contributed by atoms with Crippen LogP contribution in [0.15, 0.2) is 66.9 Å². The zero-order valence-electron chi connectivity index (χ0n) is 13.9. The van der Waals surface area contributed by atoms with Crippen molar-refractivity contribution in [1.82, 2.24) is 10.3 Å². The summed E-state index contributed by atoms with van der Waals surface area (Å²) >= 11 is 0. The maximum atomic E-state index is 11.9. The second-order valence-electron chi connectivity index (χ2n) is 6.46. The van der Waals surface area contributed by atoms with Crippen LogP contribution in [0.2, 0.25) is 0 Å². The van der Waals surface area contributed by atoms with Crippen molar-refractivity contribution >= 4 is 16.9 Å². The molecule has 1 aliphatic rings. The summed E-state index contributed by atoms with van der Waals surface area (Å²) in [4.78, 5) is 16.4. The minimum atomic E-state index is -0.361. The zero-order chi connectivity index (χ0) is 17.1. The van der Waals surface area contributed by atoms with E-state index in [0.717, 1.165) is 17.7 Å². The minimum absolute atomic E-state index is 0.297. The SMILES string of the molecule is O=C(NC[C@H]1C[C@@H]1c1nccc2ccccc12)OCc1ccccc1. The second kappa shape index (κ2) is 6.93. The highest BCUT2D eigenvalue weighted by Crippen LogP contribution is 2.48. The maximum Gasteiger partial charge on any atom is 0.407 e. The number of alkyl carbamates (subject to hydrolysis) is 1. The number of rotatable bonds is 5. The summed E-state index contributed by atoms with van der Waals surface area (Å²) in [6.45, 7) is 0.925. The molecule has 0 unspecified atom stereocenters. The molecule has 1 aliphatic carbocycles. The normalized spacial score (nSPS) is 18.7. The van der Waals surface area contributed by atoms with Gasteiger partial charge in [0.2, 0.25) is 0 Å². The van der Waals surface area contributed by atoms with Gasteiger partial charge in [-0.3, -0.25) is 4.98 Å². The molecule has 1 fully saturated rings. The van der Waals surface area contributed by atoms with Crippen molar-refractivity contribution in [3.63, 3.8) is 0 Å². The van der Waals surface area contributed by atoms with Crippen LogP contribution < -0.4 is 5.32 Å². The molecule has 3 aromatic rings. The summed E-state index contributed by atoms with van der Waals surface area (Å²) in [5.74, 6) is 0.850. The standard InChI is InChI=1S/C21H20N2O2/c24-21(25-14-15-6-2-1-3-7-15)23-13-17-12-19(17)20-18-9-5-4-8-16(18)10-11-22-20/h1-11,17,19H,12-14H2,(H,23,24)/t17-,19+/m1/s1. The molecule has 126 valence electrons. The van der Waals surface area contributed by atoms with Crippen molar-refractivity contribution in [2.75, 3.05) is 6.54 Å². The number of pyridine rings is 1. The Balaban J connectivity index is 1.30. The van der Waals surface area contributed by atoms with Crippen LogP contribution in [0.25, 0.3) is 10.8 Å². The number of amides is 1. The fourth-order valence-electron chi connectivity index (χ4n) is 3.24. The Morgan fingerprint density at radius 2 is 1.88 bits per heavy atom. The first-order chi connectivity index (χ1) is 12.3. The van der Waals surface area contributed by atoms with Gasteiger partial charge < -0.3 is 10.1 Å². The van der Waals surface area contributed by atoms with Crippen LogP contribution >= 0.6 is 0 Å². The van der Waals surface area contributed by atoms with Gasteiger partial charge in [-0.2, -0.15) is 0 Å².